The first-order valence-corrected chi connectivity index (χ1v) is 10.3. The van der Waals surface area contributed by atoms with Gasteiger partial charge in [0.05, 0.1) is 22.8 Å². The van der Waals surface area contributed by atoms with Gasteiger partial charge in [-0.05, 0) is 55.0 Å². The van der Waals surface area contributed by atoms with Gasteiger partial charge >= 0.3 is 5.97 Å². The van der Waals surface area contributed by atoms with Gasteiger partial charge in [0.2, 0.25) is 0 Å². The number of carbonyl (C=O) groups is 3. The summed E-state index contributed by atoms with van der Waals surface area (Å²) in [6.07, 6.45) is 1.57. The number of halogens is 1. The zero-order chi connectivity index (χ0) is 22.9. The minimum absolute atomic E-state index is 0.0376. The summed E-state index contributed by atoms with van der Waals surface area (Å²) in [5.41, 5.74) is 1.84. The Morgan fingerprint density at radius 3 is 2.22 bits per heavy atom. The Hall–Kier alpha value is -3.90. The molecule has 0 aliphatic carbocycles. The Bertz CT molecular complexity index is 1140. The maximum atomic E-state index is 13.0. The monoisotopic (exact) mass is 448 g/mol. The van der Waals surface area contributed by atoms with E-state index in [-0.39, 0.29) is 22.9 Å². The van der Waals surface area contributed by atoms with Crippen LogP contribution in [0.1, 0.15) is 33.2 Å². The number of esters is 1. The first-order chi connectivity index (χ1) is 15.5. The van der Waals surface area contributed by atoms with Gasteiger partial charge in [-0.15, -0.1) is 0 Å². The molecule has 0 saturated carbocycles. The third-order valence-corrected chi connectivity index (χ3v) is 4.71. The summed E-state index contributed by atoms with van der Waals surface area (Å²) in [6.45, 7) is 2.00. The molecule has 32 heavy (non-hydrogen) atoms. The fourth-order valence-corrected chi connectivity index (χ4v) is 3.03. The number of anilines is 1. The van der Waals surface area contributed by atoms with E-state index in [1.807, 2.05) is 30.3 Å². The normalized spacial score (nSPS) is 10.9. The average Bonchev–Trinajstić information content (AvgIpc) is 2.80. The maximum Gasteiger partial charge on any atom is 0.338 e. The van der Waals surface area contributed by atoms with Crippen LogP contribution in [0.4, 0.5) is 5.69 Å². The molecule has 0 fully saturated rings. The van der Waals surface area contributed by atoms with Crippen molar-refractivity contribution in [3.05, 3.63) is 106 Å². The Morgan fingerprint density at radius 1 is 0.906 bits per heavy atom. The predicted molar refractivity (Wildman–Crippen MR) is 124 cm³/mol. The predicted octanol–water partition coefficient (Wildman–Crippen LogP) is 4.93. The van der Waals surface area contributed by atoms with Gasteiger partial charge in [0.25, 0.3) is 11.8 Å². The quantitative estimate of drug-likeness (QED) is 0.396. The van der Waals surface area contributed by atoms with Gasteiger partial charge < -0.3 is 15.4 Å². The lowest BCUT2D eigenvalue weighted by atomic mass is 10.1. The van der Waals surface area contributed by atoms with E-state index in [2.05, 4.69) is 10.6 Å². The average molecular weight is 449 g/mol. The van der Waals surface area contributed by atoms with Crippen molar-refractivity contribution in [3.8, 4) is 0 Å². The first kappa shape index (κ1) is 22.8. The second kappa shape index (κ2) is 10.9. The molecule has 3 aromatic carbocycles. The molecule has 2 N–H and O–H groups in total. The molecule has 0 atom stereocenters. The lowest BCUT2D eigenvalue weighted by molar-refractivity contribution is -0.113. The standard InChI is InChI=1S/C25H21ClN2O4/c1-2-32-25(31)18-12-14-19(15-13-18)27-24(30)22(16-17-8-4-3-5-9-17)28-23(29)20-10-6-7-11-21(20)26/h3-16H,2H2,1H3,(H,27,30)(H,28,29)/b22-16+. The van der Waals surface area contributed by atoms with Crippen LogP contribution in [0.5, 0.6) is 0 Å². The van der Waals surface area contributed by atoms with Crippen LogP contribution in [0.15, 0.2) is 84.6 Å². The maximum absolute atomic E-state index is 13.0. The number of hydrogen-bond donors (Lipinski definition) is 2. The second-order valence-corrected chi connectivity index (χ2v) is 7.06. The second-order valence-electron chi connectivity index (χ2n) is 6.65. The van der Waals surface area contributed by atoms with E-state index >= 15 is 0 Å². The van der Waals surface area contributed by atoms with Crippen LogP contribution < -0.4 is 10.6 Å². The highest BCUT2D eigenvalue weighted by atomic mass is 35.5. The minimum atomic E-state index is -0.529. The van der Waals surface area contributed by atoms with Crippen molar-refractivity contribution < 1.29 is 19.1 Å². The molecule has 0 aliphatic heterocycles. The molecule has 3 aromatic rings. The third-order valence-electron chi connectivity index (χ3n) is 4.38. The Kier molecular flexibility index (Phi) is 7.78. The third kappa shape index (κ3) is 6.06. The van der Waals surface area contributed by atoms with Crippen LogP contribution in [0, 0.1) is 0 Å². The molecule has 0 saturated heterocycles. The Morgan fingerprint density at radius 2 is 1.56 bits per heavy atom. The van der Waals surface area contributed by atoms with Crippen LogP contribution in [-0.2, 0) is 9.53 Å². The molecule has 7 heteroatoms. The highest BCUT2D eigenvalue weighted by molar-refractivity contribution is 6.34. The molecule has 2 amide bonds. The number of nitrogens with one attached hydrogen (secondary N) is 2. The lowest BCUT2D eigenvalue weighted by Crippen LogP contribution is -2.31. The number of hydrogen-bond acceptors (Lipinski definition) is 4. The van der Waals surface area contributed by atoms with E-state index < -0.39 is 17.8 Å². The van der Waals surface area contributed by atoms with Gasteiger partial charge in [-0.25, -0.2) is 4.79 Å². The van der Waals surface area contributed by atoms with E-state index in [9.17, 15) is 14.4 Å². The number of ether oxygens (including phenoxy) is 1. The molecule has 0 unspecified atom stereocenters. The molecule has 0 bridgehead atoms. The number of carbonyl (C=O) groups excluding carboxylic acids is 3. The molecular weight excluding hydrogens is 428 g/mol. The van der Waals surface area contributed by atoms with Crippen molar-refractivity contribution in [2.75, 3.05) is 11.9 Å². The highest BCUT2D eigenvalue weighted by Crippen LogP contribution is 2.17. The van der Waals surface area contributed by atoms with E-state index in [0.717, 1.165) is 5.56 Å². The molecule has 0 aromatic heterocycles. The van der Waals surface area contributed by atoms with E-state index in [4.69, 9.17) is 16.3 Å². The fourth-order valence-electron chi connectivity index (χ4n) is 2.81. The zero-order valence-electron chi connectivity index (χ0n) is 17.3. The smallest absolute Gasteiger partial charge is 0.338 e. The summed E-state index contributed by atoms with van der Waals surface area (Å²) in [5.74, 6) is -1.48. The number of amides is 2. The molecular formula is C25H21ClN2O4. The summed E-state index contributed by atoms with van der Waals surface area (Å²) in [6, 6.07) is 22.0. The van der Waals surface area contributed by atoms with Crippen molar-refractivity contribution >= 4 is 41.1 Å². The van der Waals surface area contributed by atoms with Gasteiger partial charge in [-0.1, -0.05) is 54.1 Å². The number of benzene rings is 3. The molecule has 3 rings (SSSR count). The highest BCUT2D eigenvalue weighted by Gasteiger charge is 2.17. The lowest BCUT2D eigenvalue weighted by Gasteiger charge is -2.12. The van der Waals surface area contributed by atoms with Crippen molar-refractivity contribution in [2.24, 2.45) is 0 Å². The van der Waals surface area contributed by atoms with E-state index in [1.54, 1.807) is 61.5 Å². The SMILES string of the molecule is CCOC(=O)c1ccc(NC(=O)/C(=C\c2ccccc2)NC(=O)c2ccccc2Cl)cc1. The number of rotatable bonds is 7. The summed E-state index contributed by atoms with van der Waals surface area (Å²) in [4.78, 5) is 37.5. The Labute approximate surface area is 190 Å². The van der Waals surface area contributed by atoms with E-state index in [0.29, 0.717) is 11.3 Å². The van der Waals surface area contributed by atoms with Gasteiger partial charge in [0, 0.05) is 5.69 Å². The van der Waals surface area contributed by atoms with Gasteiger partial charge in [0.15, 0.2) is 0 Å². The topological polar surface area (TPSA) is 84.5 Å². The Balaban J connectivity index is 1.82. The van der Waals surface area contributed by atoms with Crippen molar-refractivity contribution in [3.63, 3.8) is 0 Å². The van der Waals surface area contributed by atoms with Crippen LogP contribution >= 0.6 is 11.6 Å². The molecule has 0 aliphatic rings. The molecule has 0 spiro atoms. The van der Waals surface area contributed by atoms with Crippen molar-refractivity contribution in [1.29, 1.82) is 0 Å². The van der Waals surface area contributed by atoms with Crippen molar-refractivity contribution in [1.82, 2.24) is 5.32 Å². The van der Waals surface area contributed by atoms with Gasteiger partial charge in [0.1, 0.15) is 5.70 Å². The van der Waals surface area contributed by atoms with Gasteiger partial charge in [-0.2, -0.15) is 0 Å². The van der Waals surface area contributed by atoms with Crippen LogP contribution in [0.2, 0.25) is 5.02 Å². The minimum Gasteiger partial charge on any atom is -0.462 e. The van der Waals surface area contributed by atoms with Crippen molar-refractivity contribution in [2.45, 2.75) is 6.92 Å². The van der Waals surface area contributed by atoms with Crippen LogP contribution in [0.3, 0.4) is 0 Å². The molecule has 0 radical (unpaired) electrons. The molecule has 6 nitrogen and oxygen atoms in total. The van der Waals surface area contributed by atoms with Gasteiger partial charge in [-0.3, -0.25) is 9.59 Å². The largest absolute Gasteiger partial charge is 0.462 e. The zero-order valence-corrected chi connectivity index (χ0v) is 18.1. The first-order valence-electron chi connectivity index (χ1n) is 9.89. The summed E-state index contributed by atoms with van der Waals surface area (Å²) >= 11 is 6.12. The summed E-state index contributed by atoms with van der Waals surface area (Å²) in [5, 5.41) is 5.64. The fraction of sp³-hybridized carbons (Fsp3) is 0.0800. The molecule has 162 valence electrons. The summed E-state index contributed by atoms with van der Waals surface area (Å²) in [7, 11) is 0. The van der Waals surface area contributed by atoms with E-state index in [1.165, 1.54) is 0 Å². The van der Waals surface area contributed by atoms with Crippen LogP contribution in [0.25, 0.3) is 6.08 Å². The summed E-state index contributed by atoms with van der Waals surface area (Å²) < 4.78 is 4.96. The van der Waals surface area contributed by atoms with Crippen LogP contribution in [-0.4, -0.2) is 24.4 Å². The molecule has 0 heterocycles.